The van der Waals surface area contributed by atoms with Crippen molar-refractivity contribution in [1.29, 1.82) is 0 Å². The molecule has 124 valence electrons. The number of esters is 1. The minimum Gasteiger partial charge on any atom is -0.424 e. The lowest BCUT2D eigenvalue weighted by atomic mass is 10.00. The number of aliphatic hydroxyl groups excluding tert-OH is 1. The summed E-state index contributed by atoms with van der Waals surface area (Å²) in [6, 6.07) is 10.9. The van der Waals surface area contributed by atoms with Crippen molar-refractivity contribution in [3.05, 3.63) is 63.4 Å². The summed E-state index contributed by atoms with van der Waals surface area (Å²) in [5, 5.41) is 11.0. The van der Waals surface area contributed by atoms with Crippen molar-refractivity contribution in [2.24, 2.45) is 0 Å². The molecule has 0 radical (unpaired) electrons. The Morgan fingerprint density at radius 2 is 2.04 bits per heavy atom. The molecule has 6 nitrogen and oxygen atoms in total. The van der Waals surface area contributed by atoms with Crippen LogP contribution in [-0.2, 0) is 16.1 Å². The van der Waals surface area contributed by atoms with Gasteiger partial charge < -0.3 is 14.4 Å². The molecular formula is C18H11FN2O4. The molecule has 2 unspecified atom stereocenters. The van der Waals surface area contributed by atoms with Crippen LogP contribution in [0.25, 0.3) is 22.3 Å². The minimum atomic E-state index is -2.17. The van der Waals surface area contributed by atoms with Gasteiger partial charge in [-0.15, -0.1) is 0 Å². The molecule has 5 rings (SSSR count). The number of halogens is 1. The summed E-state index contributed by atoms with van der Waals surface area (Å²) < 4.78 is 19.9. The molecule has 0 bridgehead atoms. The number of aromatic nitrogens is 2. The van der Waals surface area contributed by atoms with E-state index >= 15 is 0 Å². The third-order valence-corrected chi connectivity index (χ3v) is 4.71. The molecule has 1 N–H and O–H groups in total. The summed E-state index contributed by atoms with van der Waals surface area (Å²) in [5.74, 6) is -1.10. The number of rotatable bonds is 0. The summed E-state index contributed by atoms with van der Waals surface area (Å²) in [4.78, 5) is 28.9. The normalized spacial score (nSPS) is 20.8. The fourth-order valence-electron chi connectivity index (χ4n) is 3.51. The predicted octanol–water partition coefficient (Wildman–Crippen LogP) is 1.98. The third-order valence-electron chi connectivity index (χ3n) is 4.71. The highest BCUT2D eigenvalue weighted by molar-refractivity contribution is 5.85. The molecule has 25 heavy (non-hydrogen) atoms. The number of para-hydroxylation sites is 1. The van der Waals surface area contributed by atoms with Crippen LogP contribution in [0.2, 0.25) is 0 Å². The van der Waals surface area contributed by atoms with Crippen LogP contribution in [0, 0.1) is 0 Å². The first kappa shape index (κ1) is 14.3. The van der Waals surface area contributed by atoms with Crippen molar-refractivity contribution in [1.82, 2.24) is 9.55 Å². The maximum atomic E-state index is 14.1. The van der Waals surface area contributed by atoms with Gasteiger partial charge in [-0.3, -0.25) is 4.79 Å². The Kier molecular flexibility index (Phi) is 2.71. The zero-order valence-electron chi connectivity index (χ0n) is 12.8. The minimum absolute atomic E-state index is 0.0530. The molecule has 0 aliphatic carbocycles. The molecule has 2 atom stereocenters. The van der Waals surface area contributed by atoms with Gasteiger partial charge in [-0.2, -0.15) is 4.39 Å². The largest absolute Gasteiger partial charge is 0.424 e. The molecule has 3 aromatic rings. The summed E-state index contributed by atoms with van der Waals surface area (Å²) >= 11 is 0. The standard InChI is InChI=1S/C18H11FN2O4/c19-16-13-10(15(22)18(24)25-16)6-12-14-9(7-21(12)17(13)23)5-8-3-1-2-4-11(8)20-14/h1-6,15-16,22H,7H2. The quantitative estimate of drug-likeness (QED) is 0.496. The smallest absolute Gasteiger partial charge is 0.342 e. The first-order chi connectivity index (χ1) is 12.0. The highest BCUT2D eigenvalue weighted by atomic mass is 19.1. The number of alkyl halides is 1. The Bertz CT molecular complexity index is 1140. The van der Waals surface area contributed by atoms with Gasteiger partial charge in [-0.1, -0.05) is 18.2 Å². The van der Waals surface area contributed by atoms with Gasteiger partial charge in [-0.05, 0) is 18.2 Å². The number of aliphatic hydroxyl groups is 1. The van der Waals surface area contributed by atoms with E-state index in [-0.39, 0.29) is 17.7 Å². The summed E-state index contributed by atoms with van der Waals surface area (Å²) in [6.45, 7) is 0.255. The van der Waals surface area contributed by atoms with Gasteiger partial charge in [0.1, 0.15) is 0 Å². The summed E-state index contributed by atoms with van der Waals surface area (Å²) in [5.41, 5.74) is 1.66. The second-order valence-corrected chi connectivity index (χ2v) is 6.13. The zero-order valence-corrected chi connectivity index (χ0v) is 12.8. The van der Waals surface area contributed by atoms with Crippen molar-refractivity contribution in [2.45, 2.75) is 19.0 Å². The van der Waals surface area contributed by atoms with Crippen LogP contribution in [0.3, 0.4) is 0 Å². The lowest BCUT2D eigenvalue weighted by molar-refractivity contribution is -0.173. The Morgan fingerprint density at radius 3 is 2.88 bits per heavy atom. The average molecular weight is 338 g/mol. The Hall–Kier alpha value is -3.06. The van der Waals surface area contributed by atoms with Crippen LogP contribution in [0.5, 0.6) is 0 Å². The van der Waals surface area contributed by atoms with Gasteiger partial charge in [0.05, 0.1) is 29.0 Å². The number of fused-ring (bicyclic) bond motifs is 5. The lowest BCUT2D eigenvalue weighted by Gasteiger charge is -2.24. The van der Waals surface area contributed by atoms with Crippen LogP contribution in [-0.4, -0.2) is 20.6 Å². The van der Waals surface area contributed by atoms with Crippen molar-refractivity contribution < 1.29 is 19.0 Å². The van der Waals surface area contributed by atoms with E-state index < -0.39 is 24.0 Å². The number of pyridine rings is 2. The van der Waals surface area contributed by atoms with Crippen molar-refractivity contribution >= 4 is 16.9 Å². The van der Waals surface area contributed by atoms with Gasteiger partial charge in [0.2, 0.25) is 0 Å². The number of carbonyl (C=O) groups excluding carboxylic acids is 1. The SMILES string of the molecule is O=C1OC(F)c2c(cc3n(c2=O)Cc2cc4ccccc4nc2-3)C1O. The first-order valence-electron chi connectivity index (χ1n) is 7.74. The van der Waals surface area contributed by atoms with Gasteiger partial charge >= 0.3 is 5.97 Å². The average Bonchev–Trinajstić information content (AvgIpc) is 2.95. The highest BCUT2D eigenvalue weighted by Crippen LogP contribution is 2.38. The number of benzene rings is 1. The van der Waals surface area contributed by atoms with Gasteiger partial charge in [-0.25, -0.2) is 9.78 Å². The molecule has 0 saturated carbocycles. The second kappa shape index (κ2) is 4.73. The Morgan fingerprint density at radius 1 is 1.24 bits per heavy atom. The molecular weight excluding hydrogens is 327 g/mol. The van der Waals surface area contributed by atoms with Crippen molar-refractivity contribution in [2.75, 3.05) is 0 Å². The van der Waals surface area contributed by atoms with E-state index in [4.69, 9.17) is 0 Å². The maximum Gasteiger partial charge on any atom is 0.342 e. The van der Waals surface area contributed by atoms with Crippen LogP contribution in [0.4, 0.5) is 4.39 Å². The number of hydrogen-bond acceptors (Lipinski definition) is 5. The van der Waals surface area contributed by atoms with E-state index in [0.717, 1.165) is 16.5 Å². The zero-order chi connectivity index (χ0) is 17.3. The van der Waals surface area contributed by atoms with Gasteiger partial charge in [0.15, 0.2) is 6.10 Å². The van der Waals surface area contributed by atoms with E-state index in [9.17, 15) is 19.1 Å². The van der Waals surface area contributed by atoms with E-state index in [1.54, 1.807) is 0 Å². The number of hydrogen-bond donors (Lipinski definition) is 1. The van der Waals surface area contributed by atoms with E-state index in [1.807, 2.05) is 30.3 Å². The maximum absolute atomic E-state index is 14.1. The molecule has 0 spiro atoms. The van der Waals surface area contributed by atoms with Crippen LogP contribution >= 0.6 is 0 Å². The van der Waals surface area contributed by atoms with E-state index in [1.165, 1.54) is 10.6 Å². The van der Waals surface area contributed by atoms with Gasteiger partial charge in [0.25, 0.3) is 11.9 Å². The predicted molar refractivity (Wildman–Crippen MR) is 85.4 cm³/mol. The third kappa shape index (κ3) is 1.84. The molecule has 2 aliphatic rings. The fourth-order valence-corrected chi connectivity index (χ4v) is 3.51. The second-order valence-electron chi connectivity index (χ2n) is 6.13. The first-order valence-corrected chi connectivity index (χ1v) is 7.74. The number of carbonyl (C=O) groups is 1. The van der Waals surface area contributed by atoms with Crippen LogP contribution < -0.4 is 5.56 Å². The number of ether oxygens (including phenoxy) is 1. The molecule has 0 fully saturated rings. The summed E-state index contributed by atoms with van der Waals surface area (Å²) in [7, 11) is 0. The Labute approximate surface area is 140 Å². The van der Waals surface area contributed by atoms with Gasteiger partial charge in [0, 0.05) is 16.5 Å². The molecule has 4 heterocycles. The monoisotopic (exact) mass is 338 g/mol. The molecule has 7 heteroatoms. The molecule has 2 aromatic heterocycles. The molecule has 2 aliphatic heterocycles. The fraction of sp³-hybridized carbons (Fsp3) is 0.167. The Balaban J connectivity index is 1.81. The van der Waals surface area contributed by atoms with E-state index in [0.29, 0.717) is 11.4 Å². The van der Waals surface area contributed by atoms with Crippen LogP contribution in [0.1, 0.15) is 29.2 Å². The highest BCUT2D eigenvalue weighted by Gasteiger charge is 2.39. The molecule has 0 saturated heterocycles. The summed E-state index contributed by atoms with van der Waals surface area (Å²) in [6.07, 6.45) is -3.85. The van der Waals surface area contributed by atoms with Crippen molar-refractivity contribution in [3.63, 3.8) is 0 Å². The molecule has 1 aromatic carbocycles. The lowest BCUT2D eigenvalue weighted by Crippen LogP contribution is -2.34. The number of nitrogens with zero attached hydrogens (tertiary/aromatic N) is 2. The number of cyclic esters (lactones) is 1. The molecule has 0 amide bonds. The van der Waals surface area contributed by atoms with E-state index in [2.05, 4.69) is 9.72 Å². The van der Waals surface area contributed by atoms with Crippen molar-refractivity contribution in [3.8, 4) is 11.4 Å². The van der Waals surface area contributed by atoms with Crippen LogP contribution in [0.15, 0.2) is 41.2 Å². The topological polar surface area (TPSA) is 81.4 Å².